The summed E-state index contributed by atoms with van der Waals surface area (Å²) >= 11 is 0. The summed E-state index contributed by atoms with van der Waals surface area (Å²) in [7, 11) is -6.37. The number of hydrogen-bond donors (Lipinski definition) is 1. The van der Waals surface area contributed by atoms with E-state index in [4.69, 9.17) is 0 Å². The molecule has 0 aliphatic carbocycles. The zero-order chi connectivity index (χ0) is 13.4. The van der Waals surface area contributed by atoms with Crippen molar-refractivity contribution in [2.75, 3.05) is 31.1 Å². The second-order valence-corrected chi connectivity index (χ2v) is 9.53. The number of sulfonamides is 1. The first-order valence-corrected chi connectivity index (χ1v) is 9.57. The lowest BCUT2D eigenvalue weighted by molar-refractivity contribution is 0.279. The van der Waals surface area contributed by atoms with Gasteiger partial charge in [0.1, 0.15) is 9.84 Å². The molecule has 6 nitrogen and oxygen atoms in total. The van der Waals surface area contributed by atoms with Crippen molar-refractivity contribution in [2.45, 2.75) is 31.1 Å². The molecule has 106 valence electrons. The van der Waals surface area contributed by atoms with Crippen LogP contribution in [-0.4, -0.2) is 63.6 Å². The fourth-order valence-electron chi connectivity index (χ4n) is 2.56. The van der Waals surface area contributed by atoms with E-state index in [1.165, 1.54) is 4.31 Å². The second-order valence-electron chi connectivity index (χ2n) is 5.06. The van der Waals surface area contributed by atoms with Gasteiger partial charge >= 0.3 is 0 Å². The first kappa shape index (κ1) is 14.2. The molecule has 2 heterocycles. The predicted molar refractivity (Wildman–Crippen MR) is 69.6 cm³/mol. The minimum atomic E-state index is -3.36. The van der Waals surface area contributed by atoms with Crippen molar-refractivity contribution in [1.29, 1.82) is 0 Å². The lowest BCUT2D eigenvalue weighted by Gasteiger charge is -2.36. The van der Waals surface area contributed by atoms with Crippen LogP contribution >= 0.6 is 0 Å². The van der Waals surface area contributed by atoms with Crippen LogP contribution in [0.3, 0.4) is 0 Å². The molecular weight excluding hydrogens is 276 g/mol. The van der Waals surface area contributed by atoms with Crippen molar-refractivity contribution < 1.29 is 16.8 Å². The standard InChI is InChI=1S/C10H20N2O4S2/c1-9-8-11-4-5-12(9)18(15,16)10-2-6-17(13,14)7-3-10/h9-11H,2-8H2,1H3/t9-/m0/s1. The van der Waals surface area contributed by atoms with Gasteiger partial charge in [0.25, 0.3) is 0 Å². The summed E-state index contributed by atoms with van der Waals surface area (Å²) in [5.41, 5.74) is 0. The first-order chi connectivity index (χ1) is 8.33. The summed E-state index contributed by atoms with van der Waals surface area (Å²) in [6.45, 7) is 3.68. The molecule has 2 aliphatic rings. The van der Waals surface area contributed by atoms with E-state index in [0.29, 0.717) is 19.6 Å². The molecule has 0 aromatic rings. The summed E-state index contributed by atoms with van der Waals surface area (Å²) < 4.78 is 49.2. The van der Waals surface area contributed by atoms with Crippen molar-refractivity contribution in [1.82, 2.24) is 9.62 Å². The molecule has 2 fully saturated rings. The maximum absolute atomic E-state index is 12.5. The van der Waals surface area contributed by atoms with Crippen molar-refractivity contribution >= 4 is 19.9 Å². The maximum Gasteiger partial charge on any atom is 0.217 e. The lowest BCUT2D eigenvalue weighted by Crippen LogP contribution is -2.55. The minimum absolute atomic E-state index is 0.00261. The molecule has 2 aliphatic heterocycles. The van der Waals surface area contributed by atoms with Crippen molar-refractivity contribution in [3.8, 4) is 0 Å². The van der Waals surface area contributed by atoms with Crippen LogP contribution in [0.2, 0.25) is 0 Å². The quantitative estimate of drug-likeness (QED) is 0.720. The van der Waals surface area contributed by atoms with Crippen LogP contribution in [0.5, 0.6) is 0 Å². The van der Waals surface area contributed by atoms with Gasteiger partial charge in [-0.3, -0.25) is 0 Å². The van der Waals surface area contributed by atoms with Crippen LogP contribution in [0.15, 0.2) is 0 Å². The van der Waals surface area contributed by atoms with Gasteiger partial charge in [-0.05, 0) is 19.8 Å². The molecule has 1 N–H and O–H groups in total. The van der Waals surface area contributed by atoms with Gasteiger partial charge in [0.15, 0.2) is 0 Å². The Morgan fingerprint density at radius 2 is 1.83 bits per heavy atom. The third-order valence-corrected chi connectivity index (χ3v) is 7.92. The van der Waals surface area contributed by atoms with E-state index in [0.717, 1.165) is 0 Å². The molecule has 0 amide bonds. The van der Waals surface area contributed by atoms with Gasteiger partial charge in [-0.25, -0.2) is 16.8 Å². The molecule has 0 bridgehead atoms. The Kier molecular flexibility index (Phi) is 4.01. The fraction of sp³-hybridized carbons (Fsp3) is 1.00. The highest BCUT2D eigenvalue weighted by Crippen LogP contribution is 2.24. The van der Waals surface area contributed by atoms with Crippen molar-refractivity contribution in [3.63, 3.8) is 0 Å². The topological polar surface area (TPSA) is 83.6 Å². The molecule has 0 saturated carbocycles. The number of hydrogen-bond acceptors (Lipinski definition) is 5. The molecule has 1 atom stereocenters. The fourth-order valence-corrected chi connectivity index (χ4v) is 6.48. The zero-order valence-electron chi connectivity index (χ0n) is 10.5. The van der Waals surface area contributed by atoms with E-state index in [2.05, 4.69) is 5.32 Å². The first-order valence-electron chi connectivity index (χ1n) is 6.25. The van der Waals surface area contributed by atoms with Crippen LogP contribution in [0.25, 0.3) is 0 Å². The molecule has 8 heteroatoms. The van der Waals surface area contributed by atoms with Gasteiger partial charge in [-0.1, -0.05) is 0 Å². The lowest BCUT2D eigenvalue weighted by atomic mass is 10.2. The third kappa shape index (κ3) is 2.87. The number of sulfone groups is 1. The smallest absolute Gasteiger partial charge is 0.217 e. The minimum Gasteiger partial charge on any atom is -0.314 e. The van der Waals surface area contributed by atoms with E-state index in [1.54, 1.807) is 0 Å². The number of rotatable bonds is 2. The number of nitrogens with zero attached hydrogens (tertiary/aromatic N) is 1. The Bertz CT molecular complexity index is 486. The third-order valence-electron chi connectivity index (χ3n) is 3.69. The maximum atomic E-state index is 12.5. The van der Waals surface area contributed by atoms with Crippen LogP contribution in [0.1, 0.15) is 19.8 Å². The SMILES string of the molecule is C[C@H]1CNCCN1S(=O)(=O)C1CCS(=O)(=O)CC1. The van der Waals surface area contributed by atoms with Gasteiger partial charge in [0, 0.05) is 25.7 Å². The number of nitrogens with one attached hydrogen (secondary N) is 1. The van der Waals surface area contributed by atoms with Crippen LogP contribution in [-0.2, 0) is 19.9 Å². The molecule has 0 aromatic carbocycles. The molecule has 0 aromatic heterocycles. The van der Waals surface area contributed by atoms with Gasteiger partial charge in [-0.15, -0.1) is 0 Å². The van der Waals surface area contributed by atoms with Gasteiger partial charge < -0.3 is 5.32 Å². The summed E-state index contributed by atoms with van der Waals surface area (Å²) in [4.78, 5) is 0. The van der Waals surface area contributed by atoms with E-state index < -0.39 is 25.1 Å². The predicted octanol–water partition coefficient (Wildman–Crippen LogP) is -0.813. The Morgan fingerprint density at radius 1 is 1.22 bits per heavy atom. The Labute approximate surface area is 109 Å². The highest BCUT2D eigenvalue weighted by atomic mass is 32.2. The summed E-state index contributed by atoms with van der Waals surface area (Å²) in [6.07, 6.45) is 0.475. The summed E-state index contributed by atoms with van der Waals surface area (Å²) in [5, 5.41) is 2.62. The van der Waals surface area contributed by atoms with Crippen LogP contribution < -0.4 is 5.32 Å². The Hall–Kier alpha value is -0.180. The molecule has 2 saturated heterocycles. The van der Waals surface area contributed by atoms with Crippen molar-refractivity contribution in [2.24, 2.45) is 0 Å². The second kappa shape index (κ2) is 5.07. The molecule has 0 unspecified atom stereocenters. The Morgan fingerprint density at radius 3 is 2.39 bits per heavy atom. The summed E-state index contributed by atoms with van der Waals surface area (Å²) in [5.74, 6) is -0.00522. The van der Waals surface area contributed by atoms with Crippen LogP contribution in [0.4, 0.5) is 0 Å². The average molecular weight is 296 g/mol. The van der Waals surface area contributed by atoms with E-state index in [9.17, 15) is 16.8 Å². The monoisotopic (exact) mass is 296 g/mol. The molecule has 18 heavy (non-hydrogen) atoms. The van der Waals surface area contributed by atoms with E-state index in [-0.39, 0.29) is 30.4 Å². The van der Waals surface area contributed by atoms with Gasteiger partial charge in [0.2, 0.25) is 10.0 Å². The highest BCUT2D eigenvalue weighted by molar-refractivity contribution is 7.92. The normalized spacial score (nSPS) is 31.3. The zero-order valence-corrected chi connectivity index (χ0v) is 12.1. The molecule has 2 rings (SSSR count). The number of piperazine rings is 1. The van der Waals surface area contributed by atoms with E-state index >= 15 is 0 Å². The largest absolute Gasteiger partial charge is 0.314 e. The molecule has 0 spiro atoms. The summed E-state index contributed by atoms with van der Waals surface area (Å²) in [6, 6.07) is -0.0534. The average Bonchev–Trinajstić information content (AvgIpc) is 2.28. The molecular formula is C10H20N2O4S2. The van der Waals surface area contributed by atoms with Crippen LogP contribution in [0, 0.1) is 0 Å². The molecule has 0 radical (unpaired) electrons. The van der Waals surface area contributed by atoms with E-state index in [1.807, 2.05) is 6.92 Å². The Balaban J connectivity index is 2.11. The van der Waals surface area contributed by atoms with Gasteiger partial charge in [0.05, 0.1) is 16.8 Å². The highest BCUT2D eigenvalue weighted by Gasteiger charge is 2.39. The van der Waals surface area contributed by atoms with Gasteiger partial charge in [-0.2, -0.15) is 4.31 Å². The van der Waals surface area contributed by atoms with Crippen molar-refractivity contribution in [3.05, 3.63) is 0 Å².